The Labute approximate surface area is 161 Å². The summed E-state index contributed by atoms with van der Waals surface area (Å²) in [4.78, 5) is 4.35. The van der Waals surface area contributed by atoms with Gasteiger partial charge in [0, 0.05) is 25.2 Å². The van der Waals surface area contributed by atoms with E-state index in [1.807, 2.05) is 24.2 Å². The fraction of sp³-hybridized carbons (Fsp3) is 0.864. The molecule has 2 nitrogen and oxygen atoms in total. The van der Waals surface area contributed by atoms with Crippen LogP contribution in [0.2, 0.25) is 0 Å². The molecule has 0 aliphatic heterocycles. The second-order valence-corrected chi connectivity index (χ2v) is 8.53. The second-order valence-electron chi connectivity index (χ2n) is 7.47. The first kappa shape index (κ1) is 22.6. The molecule has 0 aliphatic carbocycles. The van der Waals surface area contributed by atoms with Gasteiger partial charge in [-0.1, -0.05) is 115 Å². The molecule has 0 amide bonds. The van der Waals surface area contributed by atoms with Crippen LogP contribution in [0.15, 0.2) is 17.6 Å². The first-order valence-corrected chi connectivity index (χ1v) is 11.9. The zero-order valence-corrected chi connectivity index (χ0v) is 17.8. The summed E-state index contributed by atoms with van der Waals surface area (Å²) < 4.78 is 2.11. The van der Waals surface area contributed by atoms with E-state index in [0.29, 0.717) is 0 Å². The smallest absolute Gasteiger partial charge is 0.167 e. The molecule has 0 saturated heterocycles. The van der Waals surface area contributed by atoms with Crippen LogP contribution in [0.5, 0.6) is 0 Å². The van der Waals surface area contributed by atoms with E-state index in [9.17, 15) is 0 Å². The van der Waals surface area contributed by atoms with Gasteiger partial charge in [-0.2, -0.15) is 0 Å². The zero-order chi connectivity index (χ0) is 18.0. The van der Waals surface area contributed by atoms with Gasteiger partial charge >= 0.3 is 0 Å². The summed E-state index contributed by atoms with van der Waals surface area (Å²) in [5, 5.41) is 1.15. The molecule has 25 heavy (non-hydrogen) atoms. The van der Waals surface area contributed by atoms with Crippen molar-refractivity contribution in [1.29, 1.82) is 0 Å². The lowest BCUT2D eigenvalue weighted by molar-refractivity contribution is 0.531. The van der Waals surface area contributed by atoms with Crippen LogP contribution in [-0.2, 0) is 7.05 Å². The number of rotatable bonds is 18. The number of unbranched alkanes of at least 4 members (excludes halogenated alkanes) is 15. The third-order valence-electron chi connectivity index (χ3n) is 5.01. The minimum absolute atomic E-state index is 1.15. The lowest BCUT2D eigenvalue weighted by atomic mass is 10.0. The Morgan fingerprint density at radius 1 is 0.720 bits per heavy atom. The molecule has 0 aliphatic rings. The van der Waals surface area contributed by atoms with Crippen molar-refractivity contribution < 1.29 is 0 Å². The highest BCUT2D eigenvalue weighted by Gasteiger charge is 1.99. The van der Waals surface area contributed by atoms with Crippen LogP contribution >= 0.6 is 11.8 Å². The number of aromatic nitrogens is 2. The Hall–Kier alpha value is -0.440. The Morgan fingerprint density at radius 3 is 1.56 bits per heavy atom. The van der Waals surface area contributed by atoms with Gasteiger partial charge in [0.15, 0.2) is 5.16 Å². The fourth-order valence-corrected chi connectivity index (χ4v) is 4.24. The van der Waals surface area contributed by atoms with Gasteiger partial charge in [0.2, 0.25) is 0 Å². The third kappa shape index (κ3) is 13.4. The number of nitrogens with zero attached hydrogens (tertiary/aromatic N) is 2. The van der Waals surface area contributed by atoms with Crippen LogP contribution < -0.4 is 0 Å². The largest absolute Gasteiger partial charge is 0.329 e. The maximum Gasteiger partial charge on any atom is 0.167 e. The van der Waals surface area contributed by atoms with Crippen LogP contribution in [0.1, 0.15) is 110 Å². The lowest BCUT2D eigenvalue weighted by Gasteiger charge is -2.04. The molecular weight excluding hydrogens is 324 g/mol. The van der Waals surface area contributed by atoms with E-state index >= 15 is 0 Å². The van der Waals surface area contributed by atoms with Crippen LogP contribution in [0.4, 0.5) is 0 Å². The van der Waals surface area contributed by atoms with E-state index in [1.54, 1.807) is 0 Å². The number of hydrogen-bond donors (Lipinski definition) is 0. The molecule has 0 N–H and O–H groups in total. The Kier molecular flexibility index (Phi) is 15.4. The third-order valence-corrected chi connectivity index (χ3v) is 6.15. The monoisotopic (exact) mass is 366 g/mol. The SMILES string of the molecule is CCCCCCCCCCCCCCCCCCSc1nccn1C. The van der Waals surface area contributed by atoms with Gasteiger partial charge < -0.3 is 4.57 Å². The molecule has 0 spiro atoms. The molecule has 3 heteroatoms. The Bertz CT molecular complexity index is 389. The first-order valence-electron chi connectivity index (χ1n) is 10.9. The molecule has 0 saturated carbocycles. The van der Waals surface area contributed by atoms with Crippen LogP contribution in [0.25, 0.3) is 0 Å². The van der Waals surface area contributed by atoms with Crippen molar-refractivity contribution in [3.63, 3.8) is 0 Å². The van der Waals surface area contributed by atoms with Crippen LogP contribution in [0, 0.1) is 0 Å². The first-order chi connectivity index (χ1) is 12.3. The molecule has 0 radical (unpaired) electrons. The van der Waals surface area contributed by atoms with Crippen molar-refractivity contribution >= 4 is 11.8 Å². The topological polar surface area (TPSA) is 17.8 Å². The highest BCUT2D eigenvalue weighted by molar-refractivity contribution is 7.99. The predicted octanol–water partition coefficient (Wildman–Crippen LogP) is 7.77. The normalized spacial score (nSPS) is 11.3. The summed E-state index contributed by atoms with van der Waals surface area (Å²) in [6.45, 7) is 2.29. The molecule has 0 atom stereocenters. The van der Waals surface area contributed by atoms with Gasteiger partial charge in [0.25, 0.3) is 0 Å². The van der Waals surface area contributed by atoms with Crippen molar-refractivity contribution in [1.82, 2.24) is 9.55 Å². The van der Waals surface area contributed by atoms with Crippen molar-refractivity contribution in [2.75, 3.05) is 5.75 Å². The Morgan fingerprint density at radius 2 is 1.16 bits per heavy atom. The van der Waals surface area contributed by atoms with Crippen LogP contribution in [0.3, 0.4) is 0 Å². The van der Waals surface area contributed by atoms with Crippen molar-refractivity contribution in [3.05, 3.63) is 12.4 Å². The molecule has 1 aromatic rings. The van der Waals surface area contributed by atoms with Gasteiger partial charge in [-0.25, -0.2) is 4.98 Å². The quantitative estimate of drug-likeness (QED) is 0.195. The summed E-state index contributed by atoms with van der Waals surface area (Å²) in [5.41, 5.74) is 0. The standard InChI is InChI=1S/C22H42N2S/c1-3-4-5-6-7-8-9-10-11-12-13-14-15-16-17-18-21-25-22-23-19-20-24(22)2/h19-20H,3-18,21H2,1-2H3. The molecule has 1 heterocycles. The molecule has 1 rings (SSSR count). The number of imidazole rings is 1. The van der Waals surface area contributed by atoms with Crippen molar-refractivity contribution in [2.45, 2.75) is 115 Å². The summed E-state index contributed by atoms with van der Waals surface area (Å²) in [7, 11) is 2.07. The van der Waals surface area contributed by atoms with E-state index in [0.717, 1.165) is 5.16 Å². The molecular formula is C22H42N2S. The summed E-state index contributed by atoms with van der Waals surface area (Å²) in [6.07, 6.45) is 26.9. The van der Waals surface area contributed by atoms with Gasteiger partial charge in [-0.05, 0) is 6.42 Å². The molecule has 146 valence electrons. The maximum atomic E-state index is 4.35. The molecule has 0 fully saturated rings. The highest BCUT2D eigenvalue weighted by Crippen LogP contribution is 2.18. The van der Waals surface area contributed by atoms with E-state index < -0.39 is 0 Å². The highest BCUT2D eigenvalue weighted by atomic mass is 32.2. The summed E-state index contributed by atoms with van der Waals surface area (Å²) >= 11 is 1.89. The second kappa shape index (κ2) is 17.0. The lowest BCUT2D eigenvalue weighted by Crippen LogP contribution is -1.90. The maximum absolute atomic E-state index is 4.35. The van der Waals surface area contributed by atoms with Crippen LogP contribution in [-0.4, -0.2) is 15.3 Å². The zero-order valence-electron chi connectivity index (χ0n) is 17.0. The van der Waals surface area contributed by atoms with Gasteiger partial charge in [0.1, 0.15) is 0 Å². The van der Waals surface area contributed by atoms with E-state index in [1.165, 1.54) is 108 Å². The summed E-state index contributed by atoms with van der Waals surface area (Å²) in [5.74, 6) is 1.21. The van der Waals surface area contributed by atoms with Gasteiger partial charge in [-0.3, -0.25) is 0 Å². The van der Waals surface area contributed by atoms with Crippen molar-refractivity contribution in [2.24, 2.45) is 7.05 Å². The van der Waals surface area contributed by atoms with E-state index in [2.05, 4.69) is 23.5 Å². The number of hydrogen-bond acceptors (Lipinski definition) is 2. The number of thioether (sulfide) groups is 1. The van der Waals surface area contributed by atoms with Gasteiger partial charge in [-0.15, -0.1) is 0 Å². The minimum atomic E-state index is 1.15. The molecule has 0 bridgehead atoms. The average Bonchev–Trinajstić information content (AvgIpc) is 3.02. The molecule has 0 unspecified atom stereocenters. The minimum Gasteiger partial charge on any atom is -0.329 e. The summed E-state index contributed by atoms with van der Waals surface area (Å²) in [6, 6.07) is 0. The van der Waals surface area contributed by atoms with Gasteiger partial charge in [0.05, 0.1) is 0 Å². The molecule has 1 aromatic heterocycles. The molecule has 0 aromatic carbocycles. The van der Waals surface area contributed by atoms with E-state index in [-0.39, 0.29) is 0 Å². The van der Waals surface area contributed by atoms with E-state index in [4.69, 9.17) is 0 Å². The Balaban J connectivity index is 1.70. The number of aryl methyl sites for hydroxylation is 1. The average molecular weight is 367 g/mol. The fourth-order valence-electron chi connectivity index (χ4n) is 3.30. The van der Waals surface area contributed by atoms with Crippen molar-refractivity contribution in [3.8, 4) is 0 Å². The predicted molar refractivity (Wildman–Crippen MR) is 113 cm³/mol.